The predicted molar refractivity (Wildman–Crippen MR) is 104 cm³/mol. The Balaban J connectivity index is 1.70. The fraction of sp³-hybridized carbons (Fsp3) is 0.381. The summed E-state index contributed by atoms with van der Waals surface area (Å²) in [5, 5.41) is 2.68. The molecule has 150 valence electrons. The molecule has 0 bridgehead atoms. The van der Waals surface area contributed by atoms with E-state index in [0.717, 1.165) is 5.56 Å². The molecule has 1 aliphatic rings. The summed E-state index contributed by atoms with van der Waals surface area (Å²) in [6.07, 6.45) is 1.96. The molecule has 0 saturated heterocycles. The van der Waals surface area contributed by atoms with Gasteiger partial charge in [0.15, 0.2) is 26.2 Å². The molecule has 1 aliphatic carbocycles. The second-order valence-electron chi connectivity index (χ2n) is 7.05. The fourth-order valence-electron chi connectivity index (χ4n) is 3.56. The average molecular weight is 405 g/mol. The number of benzene rings is 2. The Morgan fingerprint density at radius 2 is 1.75 bits per heavy atom. The van der Waals surface area contributed by atoms with Crippen LogP contribution in [0.5, 0.6) is 5.75 Å². The number of aryl methyl sites for hydroxylation is 1. The van der Waals surface area contributed by atoms with E-state index in [1.165, 1.54) is 12.1 Å². The highest BCUT2D eigenvalue weighted by Crippen LogP contribution is 2.40. The molecule has 0 radical (unpaired) electrons. The van der Waals surface area contributed by atoms with Crippen molar-refractivity contribution in [2.24, 2.45) is 0 Å². The van der Waals surface area contributed by atoms with Gasteiger partial charge in [-0.3, -0.25) is 4.79 Å². The summed E-state index contributed by atoms with van der Waals surface area (Å²) in [6, 6.07) is 12.6. The van der Waals surface area contributed by atoms with Crippen LogP contribution >= 0.6 is 0 Å². The highest BCUT2D eigenvalue weighted by molar-refractivity contribution is 7.93. The van der Waals surface area contributed by atoms with Crippen molar-refractivity contribution < 1.29 is 22.3 Å². The van der Waals surface area contributed by atoms with Gasteiger partial charge in [0.2, 0.25) is 5.91 Å². The maximum Gasteiger partial charge on any atom is 0.241 e. The monoisotopic (exact) mass is 405 g/mol. The molecule has 7 heteroatoms. The van der Waals surface area contributed by atoms with Crippen LogP contribution in [0, 0.1) is 12.7 Å². The van der Waals surface area contributed by atoms with Crippen molar-refractivity contribution in [3.05, 3.63) is 59.9 Å². The first kappa shape index (κ1) is 20.3. The van der Waals surface area contributed by atoms with Crippen molar-refractivity contribution in [1.82, 2.24) is 5.32 Å². The quantitative estimate of drug-likeness (QED) is 0.717. The van der Waals surface area contributed by atoms with Crippen molar-refractivity contribution in [2.45, 2.75) is 42.2 Å². The molecule has 1 fully saturated rings. The molecule has 2 aromatic rings. The number of sulfone groups is 1. The lowest BCUT2D eigenvalue weighted by Crippen LogP contribution is -2.51. The largest absolute Gasteiger partial charge is 0.489 e. The van der Waals surface area contributed by atoms with Crippen LogP contribution in [0.25, 0.3) is 0 Å². The second-order valence-corrected chi connectivity index (χ2v) is 9.31. The summed E-state index contributed by atoms with van der Waals surface area (Å²) in [6.45, 7) is 2.02. The average Bonchev–Trinajstić information content (AvgIpc) is 3.18. The van der Waals surface area contributed by atoms with Crippen molar-refractivity contribution >= 4 is 15.7 Å². The molecule has 1 N–H and O–H groups in total. The highest BCUT2D eigenvalue weighted by Gasteiger charge is 2.52. The Morgan fingerprint density at radius 1 is 1.11 bits per heavy atom. The number of ether oxygens (including phenoxy) is 1. The van der Waals surface area contributed by atoms with Crippen molar-refractivity contribution in [3.8, 4) is 5.75 Å². The molecule has 0 unspecified atom stereocenters. The Kier molecular flexibility index (Phi) is 6.03. The van der Waals surface area contributed by atoms with Gasteiger partial charge in [-0.15, -0.1) is 0 Å². The number of nitrogens with one attached hydrogen (secondary N) is 1. The van der Waals surface area contributed by atoms with E-state index >= 15 is 0 Å². The first-order chi connectivity index (χ1) is 13.4. The number of para-hydroxylation sites is 1. The van der Waals surface area contributed by atoms with Gasteiger partial charge < -0.3 is 10.1 Å². The summed E-state index contributed by atoms with van der Waals surface area (Å²) in [7, 11) is -3.83. The van der Waals surface area contributed by atoms with Crippen LogP contribution < -0.4 is 10.1 Å². The summed E-state index contributed by atoms with van der Waals surface area (Å²) < 4.78 is 44.0. The van der Waals surface area contributed by atoms with E-state index in [9.17, 15) is 17.6 Å². The Bertz CT molecular complexity index is 935. The molecular formula is C21H24FNO4S. The molecule has 3 rings (SSSR count). The van der Waals surface area contributed by atoms with Gasteiger partial charge in [-0.1, -0.05) is 42.7 Å². The molecule has 1 saturated carbocycles. The molecule has 0 aromatic heterocycles. The van der Waals surface area contributed by atoms with Crippen LogP contribution in [0.15, 0.2) is 53.4 Å². The van der Waals surface area contributed by atoms with Gasteiger partial charge >= 0.3 is 0 Å². The van der Waals surface area contributed by atoms with E-state index in [2.05, 4.69) is 5.32 Å². The lowest BCUT2D eigenvalue weighted by molar-refractivity contribution is -0.123. The van der Waals surface area contributed by atoms with E-state index in [1.807, 2.05) is 6.92 Å². The third-order valence-corrected chi connectivity index (χ3v) is 7.67. The van der Waals surface area contributed by atoms with Gasteiger partial charge in [0.05, 0.1) is 11.4 Å². The fourth-order valence-corrected chi connectivity index (χ4v) is 5.64. The standard InChI is InChI=1S/C21H24FNO4S/c1-16-8-10-17(11-9-16)28(25,26)21(12-4-5-13-21)20(24)23-14-15-27-19-7-3-2-6-18(19)22/h2-3,6-11H,4-5,12-15H2,1H3,(H,23,24). The smallest absolute Gasteiger partial charge is 0.241 e. The van der Waals surface area contributed by atoms with Crippen LogP contribution in [0.3, 0.4) is 0 Å². The van der Waals surface area contributed by atoms with E-state index in [-0.39, 0.29) is 23.8 Å². The molecule has 5 nitrogen and oxygen atoms in total. The SMILES string of the molecule is Cc1ccc(S(=O)(=O)C2(C(=O)NCCOc3ccccc3F)CCCC2)cc1. The van der Waals surface area contributed by atoms with Crippen molar-refractivity contribution in [2.75, 3.05) is 13.2 Å². The number of amides is 1. The molecule has 0 spiro atoms. The zero-order valence-corrected chi connectivity index (χ0v) is 16.6. The van der Waals surface area contributed by atoms with Crippen molar-refractivity contribution in [3.63, 3.8) is 0 Å². The number of carbonyl (C=O) groups is 1. The summed E-state index contributed by atoms with van der Waals surface area (Å²) in [5.41, 5.74) is 0.953. The van der Waals surface area contributed by atoms with Crippen LogP contribution in [0.2, 0.25) is 0 Å². The van der Waals surface area contributed by atoms with Crippen LogP contribution in [-0.4, -0.2) is 32.2 Å². The maximum absolute atomic E-state index is 13.6. The summed E-state index contributed by atoms with van der Waals surface area (Å²) >= 11 is 0. The van der Waals surface area contributed by atoms with Gasteiger partial charge in [0.1, 0.15) is 6.61 Å². The van der Waals surface area contributed by atoms with Gasteiger partial charge in [-0.05, 0) is 44.0 Å². The Labute approximate surface area is 164 Å². The predicted octanol–water partition coefficient (Wildman–Crippen LogP) is 3.42. The first-order valence-electron chi connectivity index (χ1n) is 9.34. The van der Waals surface area contributed by atoms with Crippen LogP contribution in [-0.2, 0) is 14.6 Å². The van der Waals surface area contributed by atoms with Crippen molar-refractivity contribution in [1.29, 1.82) is 0 Å². The van der Waals surface area contributed by atoms with Crippen LogP contribution in [0.4, 0.5) is 4.39 Å². The third kappa shape index (κ3) is 3.90. The van der Waals surface area contributed by atoms with E-state index in [4.69, 9.17) is 4.74 Å². The molecule has 28 heavy (non-hydrogen) atoms. The Morgan fingerprint density at radius 3 is 2.39 bits per heavy atom. The summed E-state index contributed by atoms with van der Waals surface area (Å²) in [5.74, 6) is -0.898. The normalized spacial score (nSPS) is 15.9. The van der Waals surface area contributed by atoms with Gasteiger partial charge in [-0.2, -0.15) is 0 Å². The van der Waals surface area contributed by atoms with Gasteiger partial charge in [0.25, 0.3) is 0 Å². The number of hydrogen-bond donors (Lipinski definition) is 1. The number of carbonyl (C=O) groups excluding carboxylic acids is 1. The minimum Gasteiger partial charge on any atom is -0.489 e. The van der Waals surface area contributed by atoms with E-state index < -0.39 is 26.3 Å². The molecule has 0 heterocycles. The molecule has 0 aliphatic heterocycles. The van der Waals surface area contributed by atoms with E-state index in [1.54, 1.807) is 36.4 Å². The lowest BCUT2D eigenvalue weighted by atomic mass is 10.1. The third-order valence-electron chi connectivity index (χ3n) is 5.15. The van der Waals surface area contributed by atoms with Gasteiger partial charge in [-0.25, -0.2) is 12.8 Å². The molecule has 0 atom stereocenters. The molecular weight excluding hydrogens is 381 g/mol. The number of halogens is 1. The number of rotatable bonds is 7. The molecule has 1 amide bonds. The lowest BCUT2D eigenvalue weighted by Gasteiger charge is -2.27. The van der Waals surface area contributed by atoms with E-state index in [0.29, 0.717) is 25.7 Å². The number of hydrogen-bond acceptors (Lipinski definition) is 4. The highest BCUT2D eigenvalue weighted by atomic mass is 32.2. The molecule has 2 aromatic carbocycles. The first-order valence-corrected chi connectivity index (χ1v) is 10.8. The second kappa shape index (κ2) is 8.31. The Hall–Kier alpha value is -2.41. The maximum atomic E-state index is 13.6. The zero-order chi connectivity index (χ0) is 20.2. The minimum atomic E-state index is -3.83. The summed E-state index contributed by atoms with van der Waals surface area (Å²) in [4.78, 5) is 13.1. The topological polar surface area (TPSA) is 72.5 Å². The zero-order valence-electron chi connectivity index (χ0n) is 15.8. The van der Waals surface area contributed by atoms with Crippen LogP contribution in [0.1, 0.15) is 31.2 Å². The minimum absolute atomic E-state index is 0.0489. The van der Waals surface area contributed by atoms with Gasteiger partial charge in [0, 0.05) is 0 Å².